The number of ether oxygens (including phenoxy) is 9. The number of carbonyl (C=O) groups excluding carboxylic acids is 1. The topological polar surface area (TPSA) is 161 Å². The molecule has 0 spiro atoms. The van der Waals surface area contributed by atoms with Crippen LogP contribution in [-0.4, -0.2) is 92.5 Å². The van der Waals surface area contributed by atoms with Gasteiger partial charge in [-0.05, 0) is 47.9 Å². The third kappa shape index (κ3) is 4.26. The Morgan fingerprint density at radius 2 is 1.57 bits per heavy atom. The van der Waals surface area contributed by atoms with E-state index in [1.165, 1.54) is 14.2 Å². The maximum absolute atomic E-state index is 13.4. The molecule has 10 atom stereocenters. The first kappa shape index (κ1) is 27.5. The first-order valence-electron chi connectivity index (χ1n) is 13.8. The fraction of sp³-hybridized carbons (Fsp3) is 0.552. The maximum atomic E-state index is 13.4. The highest BCUT2D eigenvalue weighted by atomic mass is 16.8. The second-order valence-corrected chi connectivity index (χ2v) is 11.0. The van der Waals surface area contributed by atoms with Crippen LogP contribution in [0, 0.1) is 11.8 Å². The number of fused-ring (bicyclic) bond motifs is 4. The number of cyclic esters (lactones) is 1. The van der Waals surface area contributed by atoms with Crippen LogP contribution in [0.2, 0.25) is 0 Å². The normalized spacial score (nSPS) is 36.5. The predicted molar refractivity (Wildman–Crippen MR) is 138 cm³/mol. The Morgan fingerprint density at radius 3 is 2.26 bits per heavy atom. The number of methoxy groups -OCH3 is 2. The van der Waals surface area contributed by atoms with Crippen LogP contribution in [0.4, 0.5) is 0 Å². The minimum atomic E-state index is -1.44. The molecule has 3 fully saturated rings. The van der Waals surface area contributed by atoms with Crippen LogP contribution in [0.1, 0.15) is 35.6 Å². The summed E-state index contributed by atoms with van der Waals surface area (Å²) in [5, 5.41) is 32.5. The molecule has 2 aromatic carbocycles. The second-order valence-electron chi connectivity index (χ2n) is 11.0. The van der Waals surface area contributed by atoms with Gasteiger partial charge in [-0.15, -0.1) is 0 Å². The number of hydrogen-bond acceptors (Lipinski definition) is 13. The van der Waals surface area contributed by atoms with Crippen molar-refractivity contribution < 1.29 is 62.7 Å². The van der Waals surface area contributed by atoms with Crippen LogP contribution in [0.25, 0.3) is 0 Å². The van der Waals surface area contributed by atoms with E-state index in [1.807, 2.05) is 0 Å². The van der Waals surface area contributed by atoms with Gasteiger partial charge in [0.15, 0.2) is 35.6 Å². The van der Waals surface area contributed by atoms with E-state index in [-0.39, 0.29) is 37.3 Å². The highest BCUT2D eigenvalue weighted by molar-refractivity contribution is 5.79. The van der Waals surface area contributed by atoms with E-state index in [2.05, 4.69) is 0 Å². The van der Waals surface area contributed by atoms with Gasteiger partial charge < -0.3 is 58.0 Å². The zero-order valence-electron chi connectivity index (χ0n) is 23.1. The molecule has 4 aliphatic heterocycles. The van der Waals surface area contributed by atoms with E-state index in [0.29, 0.717) is 28.2 Å². The number of phenolic OH excluding ortho intramolecular Hbond substituents is 1. The first-order chi connectivity index (χ1) is 20.3. The van der Waals surface area contributed by atoms with E-state index in [4.69, 9.17) is 42.6 Å². The molecule has 3 saturated heterocycles. The molecule has 2 aromatic rings. The molecule has 226 valence electrons. The van der Waals surface area contributed by atoms with E-state index >= 15 is 0 Å². The average molecular weight is 589 g/mol. The Kier molecular flexibility index (Phi) is 6.83. The van der Waals surface area contributed by atoms with Gasteiger partial charge in [-0.3, -0.25) is 4.79 Å². The Hall–Kier alpha value is -3.33. The number of aliphatic hydroxyl groups is 2. The molecule has 0 saturated carbocycles. The lowest BCUT2D eigenvalue weighted by atomic mass is 9.66. The third-order valence-corrected chi connectivity index (χ3v) is 8.75. The summed E-state index contributed by atoms with van der Waals surface area (Å²) in [7, 11) is 2.86. The SMILES string of the molecule is COc1cc([C@@H]2c3cc4c(cc3C(OC3OC5COC(C)OC5C(O)C3O)C3COC(=O)[C@@H]32)OCO4)cc(OC)c1O. The number of aliphatic hydroxyl groups excluding tert-OH is 2. The van der Waals surface area contributed by atoms with Crippen LogP contribution >= 0.6 is 0 Å². The van der Waals surface area contributed by atoms with E-state index in [1.54, 1.807) is 31.2 Å². The lowest BCUT2D eigenvalue weighted by molar-refractivity contribution is -0.364. The quantitative estimate of drug-likeness (QED) is 0.430. The third-order valence-electron chi connectivity index (χ3n) is 8.75. The van der Waals surface area contributed by atoms with Crippen molar-refractivity contribution in [2.24, 2.45) is 11.8 Å². The van der Waals surface area contributed by atoms with Crippen molar-refractivity contribution >= 4 is 5.97 Å². The van der Waals surface area contributed by atoms with Gasteiger partial charge >= 0.3 is 5.97 Å². The van der Waals surface area contributed by atoms with Gasteiger partial charge in [-0.25, -0.2) is 0 Å². The zero-order chi connectivity index (χ0) is 29.3. The summed E-state index contributed by atoms with van der Waals surface area (Å²) in [6, 6.07) is 6.93. The number of aromatic hydroxyl groups is 1. The average Bonchev–Trinajstić information content (AvgIpc) is 3.61. The summed E-state index contributed by atoms with van der Waals surface area (Å²) < 4.78 is 51.5. The number of carbonyl (C=O) groups is 1. The Labute approximate surface area is 240 Å². The lowest BCUT2D eigenvalue weighted by Crippen LogP contribution is -2.63. The van der Waals surface area contributed by atoms with Crippen LogP contribution in [-0.2, 0) is 28.5 Å². The van der Waals surface area contributed by atoms with E-state index in [0.717, 1.165) is 0 Å². The molecule has 8 unspecified atom stereocenters. The number of phenols is 1. The molecule has 3 N–H and O–H groups in total. The Bertz CT molecular complexity index is 1350. The molecular formula is C29H32O13. The van der Waals surface area contributed by atoms with Gasteiger partial charge in [-0.2, -0.15) is 0 Å². The number of benzene rings is 2. The molecule has 1 aliphatic carbocycles. The largest absolute Gasteiger partial charge is 0.502 e. The van der Waals surface area contributed by atoms with Crippen molar-refractivity contribution in [1.82, 2.24) is 0 Å². The molecule has 0 amide bonds. The molecular weight excluding hydrogens is 556 g/mol. The van der Waals surface area contributed by atoms with Crippen molar-refractivity contribution in [2.45, 2.75) is 55.9 Å². The van der Waals surface area contributed by atoms with Gasteiger partial charge in [0.1, 0.15) is 24.4 Å². The van der Waals surface area contributed by atoms with Gasteiger partial charge in [0.25, 0.3) is 0 Å². The van der Waals surface area contributed by atoms with Gasteiger partial charge in [0.2, 0.25) is 12.5 Å². The van der Waals surface area contributed by atoms with E-state index < -0.39 is 66.8 Å². The number of rotatable bonds is 5. The van der Waals surface area contributed by atoms with Crippen LogP contribution in [0.5, 0.6) is 28.7 Å². The summed E-state index contributed by atoms with van der Waals surface area (Å²) in [6.07, 6.45) is -6.80. The first-order valence-corrected chi connectivity index (χ1v) is 13.8. The fourth-order valence-corrected chi connectivity index (χ4v) is 6.74. The van der Waals surface area contributed by atoms with Crippen LogP contribution in [0.3, 0.4) is 0 Å². The molecule has 0 aromatic heterocycles. The summed E-state index contributed by atoms with van der Waals surface area (Å²) in [4.78, 5) is 13.4. The standard InChI is InChI=1S/C29H32O13/c1-11-36-9-20-27(40-11)24(31)25(32)29(41-20)42-26-14-7-17-16(38-10-39-17)6-13(14)21(22-15(26)8-37-28(22)33)12-4-18(34-2)23(30)19(5-12)35-3/h4-7,11,15,20-22,24-27,29-32H,8-10H2,1-3H3/t11?,15?,20?,21-,22+,24?,25?,26?,27?,29?/m1/s1. The van der Waals surface area contributed by atoms with Gasteiger partial charge in [0, 0.05) is 11.8 Å². The molecule has 13 heteroatoms. The van der Waals surface area contributed by atoms with Crippen molar-refractivity contribution in [3.63, 3.8) is 0 Å². The van der Waals surface area contributed by atoms with Crippen LogP contribution in [0.15, 0.2) is 24.3 Å². The van der Waals surface area contributed by atoms with E-state index in [9.17, 15) is 20.1 Å². The summed E-state index contributed by atoms with van der Waals surface area (Å²) in [5.41, 5.74) is 2.01. The Morgan fingerprint density at radius 1 is 0.881 bits per heavy atom. The highest BCUT2D eigenvalue weighted by Gasteiger charge is 2.56. The van der Waals surface area contributed by atoms with Gasteiger partial charge in [0.05, 0.1) is 39.5 Å². The van der Waals surface area contributed by atoms with Crippen molar-refractivity contribution in [1.29, 1.82) is 0 Å². The van der Waals surface area contributed by atoms with Crippen molar-refractivity contribution in [3.05, 3.63) is 41.0 Å². The molecule has 0 bridgehead atoms. The number of hydrogen-bond donors (Lipinski definition) is 3. The molecule has 42 heavy (non-hydrogen) atoms. The zero-order valence-corrected chi connectivity index (χ0v) is 23.1. The Balaban J connectivity index is 1.32. The smallest absolute Gasteiger partial charge is 0.310 e. The molecule has 5 aliphatic rings. The van der Waals surface area contributed by atoms with Crippen molar-refractivity contribution in [2.75, 3.05) is 34.2 Å². The monoisotopic (exact) mass is 588 g/mol. The lowest BCUT2D eigenvalue weighted by Gasteiger charge is -2.47. The summed E-state index contributed by atoms with van der Waals surface area (Å²) >= 11 is 0. The fourth-order valence-electron chi connectivity index (χ4n) is 6.74. The summed E-state index contributed by atoms with van der Waals surface area (Å²) in [5.74, 6) is -1.02. The molecule has 7 rings (SSSR count). The second kappa shape index (κ2) is 10.4. The van der Waals surface area contributed by atoms with Crippen molar-refractivity contribution in [3.8, 4) is 28.7 Å². The van der Waals surface area contributed by atoms with Gasteiger partial charge in [-0.1, -0.05) is 0 Å². The predicted octanol–water partition coefficient (Wildman–Crippen LogP) is 1.34. The molecule has 4 heterocycles. The number of esters is 1. The molecule has 0 radical (unpaired) electrons. The maximum Gasteiger partial charge on any atom is 0.310 e. The summed E-state index contributed by atoms with van der Waals surface area (Å²) in [6.45, 7) is 1.93. The highest BCUT2D eigenvalue weighted by Crippen LogP contribution is 2.57. The minimum absolute atomic E-state index is 0.0301. The van der Waals surface area contributed by atoms with Crippen LogP contribution < -0.4 is 18.9 Å². The molecule has 13 nitrogen and oxygen atoms in total. The minimum Gasteiger partial charge on any atom is -0.502 e.